The van der Waals surface area contributed by atoms with Gasteiger partial charge in [0.15, 0.2) is 0 Å². The fraction of sp³-hybridized carbons (Fsp3) is 0.350. The van der Waals surface area contributed by atoms with Crippen LogP contribution in [0.2, 0.25) is 5.02 Å². The van der Waals surface area contributed by atoms with E-state index in [4.69, 9.17) is 11.6 Å². The molecular weight excluding hydrogens is 396 g/mol. The molecule has 8 heteroatoms. The van der Waals surface area contributed by atoms with Gasteiger partial charge in [0.25, 0.3) is 5.91 Å². The summed E-state index contributed by atoms with van der Waals surface area (Å²) in [4.78, 5) is 20.6. The third-order valence-electron chi connectivity index (χ3n) is 5.83. The van der Waals surface area contributed by atoms with Gasteiger partial charge in [-0.2, -0.15) is 5.10 Å². The van der Waals surface area contributed by atoms with Crippen LogP contribution in [0.15, 0.2) is 42.2 Å². The lowest BCUT2D eigenvalue weighted by Gasteiger charge is -2.43. The molecule has 2 N–H and O–H groups in total. The molecule has 1 amide bonds. The second kappa shape index (κ2) is 6.69. The van der Waals surface area contributed by atoms with Crippen molar-refractivity contribution < 1.29 is 9.90 Å². The van der Waals surface area contributed by atoms with Gasteiger partial charge in [0.05, 0.1) is 22.5 Å². The zero-order valence-corrected chi connectivity index (χ0v) is 16.6. The molecular formula is C20H19ClN4O2S. The van der Waals surface area contributed by atoms with Gasteiger partial charge in [0, 0.05) is 53.1 Å². The molecule has 2 atom stereocenters. The highest BCUT2D eigenvalue weighted by Gasteiger charge is 2.51. The van der Waals surface area contributed by atoms with Gasteiger partial charge in [-0.05, 0) is 31.0 Å². The highest BCUT2D eigenvalue weighted by Crippen LogP contribution is 2.47. The molecule has 2 saturated heterocycles. The van der Waals surface area contributed by atoms with Gasteiger partial charge in [-0.3, -0.25) is 14.9 Å². The van der Waals surface area contributed by atoms with Gasteiger partial charge in [0.2, 0.25) is 0 Å². The third-order valence-corrected chi connectivity index (χ3v) is 7.11. The first kappa shape index (κ1) is 17.8. The lowest BCUT2D eigenvalue weighted by atomic mass is 9.83. The molecule has 0 aromatic carbocycles. The third kappa shape index (κ3) is 2.85. The molecule has 2 aliphatic rings. The van der Waals surface area contributed by atoms with E-state index in [1.807, 2.05) is 22.5 Å². The maximum atomic E-state index is 13.2. The summed E-state index contributed by atoms with van der Waals surface area (Å²) >= 11 is 7.84. The molecule has 0 saturated carbocycles. The predicted molar refractivity (Wildman–Crippen MR) is 107 cm³/mol. The van der Waals surface area contributed by atoms with Crippen LogP contribution in [0.1, 0.15) is 41.7 Å². The van der Waals surface area contributed by atoms with Gasteiger partial charge in [-0.25, -0.2) is 0 Å². The summed E-state index contributed by atoms with van der Waals surface area (Å²) < 4.78 is 0. The molecule has 0 spiro atoms. The number of carbonyl (C=O) groups is 1. The Morgan fingerprint density at radius 2 is 2.14 bits per heavy atom. The first-order chi connectivity index (χ1) is 13.5. The molecule has 3 aromatic heterocycles. The van der Waals surface area contributed by atoms with E-state index < -0.39 is 5.60 Å². The van der Waals surface area contributed by atoms with E-state index >= 15 is 0 Å². The van der Waals surface area contributed by atoms with Gasteiger partial charge in [-0.15, -0.1) is 11.3 Å². The fourth-order valence-corrected chi connectivity index (χ4v) is 5.78. The van der Waals surface area contributed by atoms with Gasteiger partial charge in [-0.1, -0.05) is 11.6 Å². The van der Waals surface area contributed by atoms with Crippen LogP contribution in [0.3, 0.4) is 0 Å². The smallest absolute Gasteiger partial charge is 0.255 e. The van der Waals surface area contributed by atoms with E-state index in [0.717, 1.165) is 23.3 Å². The topological polar surface area (TPSA) is 82.1 Å². The van der Waals surface area contributed by atoms with E-state index in [2.05, 4.69) is 15.2 Å². The lowest BCUT2D eigenvalue weighted by Crippen LogP contribution is -2.52. The van der Waals surface area contributed by atoms with E-state index in [1.54, 1.807) is 24.5 Å². The lowest BCUT2D eigenvalue weighted by molar-refractivity contribution is -0.0507. The van der Waals surface area contributed by atoms with Crippen molar-refractivity contribution in [1.29, 1.82) is 0 Å². The van der Waals surface area contributed by atoms with Crippen molar-refractivity contribution in [2.45, 2.75) is 43.4 Å². The average molecular weight is 415 g/mol. The number of pyridine rings is 1. The highest BCUT2D eigenvalue weighted by molar-refractivity contribution is 7.13. The summed E-state index contributed by atoms with van der Waals surface area (Å²) in [7, 11) is 0. The van der Waals surface area contributed by atoms with Crippen molar-refractivity contribution in [3.63, 3.8) is 0 Å². The number of hydrogen-bond donors (Lipinski definition) is 2. The van der Waals surface area contributed by atoms with Crippen LogP contribution in [-0.4, -0.2) is 43.2 Å². The van der Waals surface area contributed by atoms with Gasteiger partial charge >= 0.3 is 0 Å². The van der Waals surface area contributed by atoms with Crippen molar-refractivity contribution >= 4 is 28.8 Å². The van der Waals surface area contributed by atoms with Crippen LogP contribution < -0.4 is 0 Å². The van der Waals surface area contributed by atoms with Crippen molar-refractivity contribution in [1.82, 2.24) is 20.1 Å². The summed E-state index contributed by atoms with van der Waals surface area (Å²) in [5.74, 6) is 0.0349. The normalized spacial score (nSPS) is 26.6. The number of aromatic nitrogens is 3. The van der Waals surface area contributed by atoms with E-state index in [1.165, 1.54) is 11.3 Å². The number of H-pyrrole nitrogens is 1. The Hall–Kier alpha value is -2.22. The van der Waals surface area contributed by atoms with Crippen LogP contribution in [0.25, 0.3) is 10.4 Å². The number of hydrogen-bond acceptors (Lipinski definition) is 5. The summed E-state index contributed by atoms with van der Waals surface area (Å²) in [6, 6.07) is 5.42. The molecule has 2 aliphatic heterocycles. The number of aliphatic hydroxyl groups is 1. The molecule has 2 bridgehead atoms. The van der Waals surface area contributed by atoms with Crippen molar-refractivity contribution in [2.24, 2.45) is 0 Å². The Bertz CT molecular complexity index is 1000. The number of piperidine rings is 1. The van der Waals surface area contributed by atoms with Gasteiger partial charge in [0.1, 0.15) is 5.60 Å². The van der Waals surface area contributed by atoms with Gasteiger partial charge < -0.3 is 10.0 Å². The van der Waals surface area contributed by atoms with E-state index in [0.29, 0.717) is 29.1 Å². The van der Waals surface area contributed by atoms with Crippen LogP contribution in [0, 0.1) is 0 Å². The Kier molecular flexibility index (Phi) is 4.26. The van der Waals surface area contributed by atoms with Crippen LogP contribution in [0.4, 0.5) is 0 Å². The Balaban J connectivity index is 1.40. The Labute approximate surface area is 171 Å². The average Bonchev–Trinajstić information content (AvgIpc) is 3.41. The number of fused-ring (bicyclic) bond motifs is 2. The summed E-state index contributed by atoms with van der Waals surface area (Å²) in [5.41, 5.74) is 1.11. The molecule has 144 valence electrons. The molecule has 28 heavy (non-hydrogen) atoms. The van der Waals surface area contributed by atoms with Crippen LogP contribution in [-0.2, 0) is 5.60 Å². The number of nitrogens with one attached hydrogen (secondary N) is 1. The van der Waals surface area contributed by atoms with Crippen molar-refractivity contribution in [3.05, 3.63) is 58.4 Å². The molecule has 2 unspecified atom stereocenters. The molecule has 0 aliphatic carbocycles. The second-order valence-corrected chi connectivity index (χ2v) is 8.88. The number of aromatic amines is 1. The number of carbonyl (C=O) groups excluding carboxylic acids is 1. The first-order valence-electron chi connectivity index (χ1n) is 9.29. The molecule has 2 fully saturated rings. The number of halogens is 1. The molecule has 6 nitrogen and oxygen atoms in total. The second-order valence-electron chi connectivity index (χ2n) is 7.56. The maximum absolute atomic E-state index is 13.2. The standard InChI is InChI=1S/C20H19ClN4O2S/c21-16-2-1-5-22-18(16)20(27)7-14-3-4-15(8-20)25(14)19(26)12-6-17(28-11-12)13-9-23-24-10-13/h1-2,5-6,9-11,14-15,27H,3-4,7-8H2,(H,23,24). The number of nitrogens with zero attached hydrogens (tertiary/aromatic N) is 3. The molecule has 0 radical (unpaired) electrons. The molecule has 5 rings (SSSR count). The van der Waals surface area contributed by atoms with E-state index in [-0.39, 0.29) is 18.0 Å². The summed E-state index contributed by atoms with van der Waals surface area (Å²) in [6.45, 7) is 0. The Morgan fingerprint density at radius 3 is 2.82 bits per heavy atom. The minimum atomic E-state index is -1.09. The monoisotopic (exact) mass is 414 g/mol. The number of amides is 1. The molecule has 3 aromatic rings. The van der Waals surface area contributed by atoms with Crippen LogP contribution in [0.5, 0.6) is 0 Å². The molecule has 5 heterocycles. The first-order valence-corrected chi connectivity index (χ1v) is 10.5. The number of thiophene rings is 1. The van der Waals surface area contributed by atoms with Crippen LogP contribution >= 0.6 is 22.9 Å². The Morgan fingerprint density at radius 1 is 1.36 bits per heavy atom. The fourth-order valence-electron chi connectivity index (χ4n) is 4.61. The number of rotatable bonds is 3. The zero-order chi connectivity index (χ0) is 19.3. The quantitative estimate of drug-likeness (QED) is 0.682. The summed E-state index contributed by atoms with van der Waals surface area (Å²) in [5, 5.41) is 20.5. The maximum Gasteiger partial charge on any atom is 0.255 e. The summed E-state index contributed by atoms with van der Waals surface area (Å²) in [6.07, 6.45) is 7.93. The van der Waals surface area contributed by atoms with E-state index in [9.17, 15) is 9.90 Å². The predicted octanol–water partition coefficient (Wildman–Crippen LogP) is 3.84. The minimum Gasteiger partial charge on any atom is -0.383 e. The SMILES string of the molecule is O=C(c1csc(-c2cn[nH]c2)c1)N1C2CCC1CC(O)(c1ncccc1Cl)C2. The largest absolute Gasteiger partial charge is 0.383 e. The van der Waals surface area contributed by atoms with Crippen molar-refractivity contribution in [3.8, 4) is 10.4 Å². The van der Waals surface area contributed by atoms with Crippen molar-refractivity contribution in [2.75, 3.05) is 0 Å². The minimum absolute atomic E-state index is 0.00778. The highest BCUT2D eigenvalue weighted by atomic mass is 35.5. The zero-order valence-electron chi connectivity index (χ0n) is 15.0.